The third-order valence-electron chi connectivity index (χ3n) is 1.08. The minimum absolute atomic E-state index is 0.411. The van der Waals surface area contributed by atoms with E-state index < -0.39 is 7.60 Å². The molecule has 0 heterocycles. The van der Waals surface area contributed by atoms with Gasteiger partial charge in [0.1, 0.15) is 0 Å². The van der Waals surface area contributed by atoms with Gasteiger partial charge in [0.25, 0.3) is 0 Å². The van der Waals surface area contributed by atoms with Crippen LogP contribution in [0.2, 0.25) is 0 Å². The van der Waals surface area contributed by atoms with E-state index in [1.54, 1.807) is 13.8 Å². The maximum Gasteiger partial charge on any atom is 0.330 e. The van der Waals surface area contributed by atoms with Gasteiger partial charge >= 0.3 is 7.60 Å². The first-order chi connectivity index (χ1) is 5.18. The Bertz CT molecular complexity index is 112. The zero-order chi connectivity index (χ0) is 8.74. The van der Waals surface area contributed by atoms with Gasteiger partial charge in [0, 0.05) is 0 Å². The molecule has 0 bridgehead atoms. The lowest BCUT2D eigenvalue weighted by Crippen LogP contribution is -1.99. The van der Waals surface area contributed by atoms with Crippen molar-refractivity contribution >= 4 is 7.60 Å². The summed E-state index contributed by atoms with van der Waals surface area (Å²) in [5.74, 6) is 0. The van der Waals surface area contributed by atoms with E-state index in [0.29, 0.717) is 25.8 Å². The first-order valence-electron chi connectivity index (χ1n) is 3.86. The third-order valence-corrected chi connectivity index (χ3v) is 3.25. The molecule has 0 aromatic rings. The fraction of sp³-hybridized carbons (Fsp3) is 0.857. The molecular formula is C7H16O3P. The largest absolute Gasteiger partial charge is 0.330 e. The van der Waals surface area contributed by atoms with Gasteiger partial charge in [-0.1, -0.05) is 6.92 Å². The summed E-state index contributed by atoms with van der Waals surface area (Å²) in [6.07, 6.45) is 0.992. The highest BCUT2D eigenvalue weighted by Crippen LogP contribution is 2.48. The Morgan fingerprint density at radius 2 is 1.73 bits per heavy atom. The molecule has 0 saturated carbocycles. The highest BCUT2D eigenvalue weighted by molar-refractivity contribution is 7.53. The molecule has 1 radical (unpaired) electrons. The average Bonchev–Trinajstić information content (AvgIpc) is 1.88. The van der Waals surface area contributed by atoms with Gasteiger partial charge in [-0.15, -0.1) is 0 Å². The van der Waals surface area contributed by atoms with E-state index >= 15 is 0 Å². The molecule has 3 nitrogen and oxygen atoms in total. The fourth-order valence-electron chi connectivity index (χ4n) is 0.753. The van der Waals surface area contributed by atoms with Gasteiger partial charge in [-0.2, -0.15) is 0 Å². The lowest BCUT2D eigenvalue weighted by atomic mass is 10.6. The van der Waals surface area contributed by atoms with Crippen molar-refractivity contribution in [2.45, 2.75) is 20.3 Å². The molecule has 0 aliphatic carbocycles. The quantitative estimate of drug-likeness (QED) is 0.587. The summed E-state index contributed by atoms with van der Waals surface area (Å²) in [6.45, 7) is 8.06. The van der Waals surface area contributed by atoms with E-state index in [2.05, 4.69) is 6.92 Å². The Hall–Kier alpha value is 0.150. The Morgan fingerprint density at radius 3 is 2.00 bits per heavy atom. The van der Waals surface area contributed by atoms with Gasteiger partial charge in [-0.3, -0.25) is 4.57 Å². The average molecular weight is 179 g/mol. The Morgan fingerprint density at radius 1 is 1.27 bits per heavy atom. The van der Waals surface area contributed by atoms with Gasteiger partial charge in [0.15, 0.2) is 0 Å². The van der Waals surface area contributed by atoms with Crippen molar-refractivity contribution in [3.05, 3.63) is 6.92 Å². The van der Waals surface area contributed by atoms with Crippen molar-refractivity contribution in [2.24, 2.45) is 0 Å². The molecular weight excluding hydrogens is 163 g/mol. The predicted octanol–water partition coefficient (Wildman–Crippen LogP) is 2.48. The van der Waals surface area contributed by atoms with E-state index in [-0.39, 0.29) is 0 Å². The van der Waals surface area contributed by atoms with Crippen LogP contribution in [0.5, 0.6) is 0 Å². The third kappa shape index (κ3) is 4.57. The highest BCUT2D eigenvalue weighted by Gasteiger charge is 2.21. The van der Waals surface area contributed by atoms with Crippen LogP contribution in [0.1, 0.15) is 20.3 Å². The lowest BCUT2D eigenvalue weighted by molar-refractivity contribution is 0.220. The molecule has 0 fully saturated rings. The van der Waals surface area contributed by atoms with Crippen molar-refractivity contribution < 1.29 is 13.6 Å². The molecule has 0 spiro atoms. The summed E-state index contributed by atoms with van der Waals surface area (Å²) < 4.78 is 21.5. The zero-order valence-electron chi connectivity index (χ0n) is 7.21. The molecule has 0 saturated heterocycles. The molecule has 0 amide bonds. The Kier molecular flexibility index (Phi) is 5.83. The summed E-state index contributed by atoms with van der Waals surface area (Å²) >= 11 is 0. The molecule has 4 heteroatoms. The highest BCUT2D eigenvalue weighted by atomic mass is 31.2. The summed E-state index contributed by atoms with van der Waals surface area (Å²) in [7, 11) is -2.78. The second kappa shape index (κ2) is 5.76. The van der Waals surface area contributed by atoms with E-state index in [9.17, 15) is 4.57 Å². The van der Waals surface area contributed by atoms with Crippen LogP contribution in [-0.2, 0) is 13.6 Å². The number of hydrogen-bond donors (Lipinski definition) is 0. The van der Waals surface area contributed by atoms with Crippen LogP contribution in [0.3, 0.4) is 0 Å². The molecule has 0 aromatic carbocycles. The van der Waals surface area contributed by atoms with E-state index in [1.807, 2.05) is 0 Å². The zero-order valence-corrected chi connectivity index (χ0v) is 8.10. The van der Waals surface area contributed by atoms with Gasteiger partial charge in [-0.05, 0) is 20.3 Å². The Labute approximate surface area is 68.6 Å². The van der Waals surface area contributed by atoms with Crippen LogP contribution in [0, 0.1) is 6.92 Å². The van der Waals surface area contributed by atoms with Crippen molar-refractivity contribution in [3.63, 3.8) is 0 Å². The van der Waals surface area contributed by atoms with Gasteiger partial charge in [-0.25, -0.2) is 0 Å². The molecule has 0 unspecified atom stereocenters. The van der Waals surface area contributed by atoms with Crippen molar-refractivity contribution in [1.29, 1.82) is 0 Å². The van der Waals surface area contributed by atoms with Crippen LogP contribution >= 0.6 is 7.60 Å². The topological polar surface area (TPSA) is 35.5 Å². The first kappa shape index (κ1) is 11.2. The smallest absolute Gasteiger partial charge is 0.309 e. The van der Waals surface area contributed by atoms with Crippen molar-refractivity contribution in [1.82, 2.24) is 0 Å². The minimum Gasteiger partial charge on any atom is -0.309 e. The SMILES string of the molecule is [CH2]CCP(=O)(OCC)OCC. The van der Waals surface area contributed by atoms with Gasteiger partial charge in [0.2, 0.25) is 0 Å². The minimum atomic E-state index is -2.78. The first-order valence-corrected chi connectivity index (χ1v) is 5.58. The molecule has 0 aliphatic heterocycles. The van der Waals surface area contributed by atoms with Crippen molar-refractivity contribution in [3.8, 4) is 0 Å². The van der Waals surface area contributed by atoms with Crippen LogP contribution in [0.15, 0.2) is 0 Å². The second-order valence-corrected chi connectivity index (χ2v) is 4.21. The normalized spacial score (nSPS) is 11.9. The van der Waals surface area contributed by atoms with Crippen molar-refractivity contribution in [2.75, 3.05) is 19.4 Å². The molecule has 0 aliphatic rings. The maximum absolute atomic E-state index is 11.5. The second-order valence-electron chi connectivity index (χ2n) is 2.02. The Balaban J connectivity index is 3.91. The summed E-state index contributed by atoms with van der Waals surface area (Å²) in [6, 6.07) is 0. The molecule has 67 valence electrons. The van der Waals surface area contributed by atoms with Crippen LogP contribution in [-0.4, -0.2) is 19.4 Å². The maximum atomic E-state index is 11.5. The van der Waals surface area contributed by atoms with E-state index in [0.717, 1.165) is 0 Å². The van der Waals surface area contributed by atoms with Gasteiger partial charge < -0.3 is 9.05 Å². The molecule has 0 aromatic heterocycles. The van der Waals surface area contributed by atoms with Crippen LogP contribution in [0.4, 0.5) is 0 Å². The molecule has 11 heavy (non-hydrogen) atoms. The molecule has 0 rings (SSSR count). The summed E-state index contributed by atoms with van der Waals surface area (Å²) in [5, 5.41) is 0. The molecule has 0 N–H and O–H groups in total. The van der Waals surface area contributed by atoms with E-state index in [4.69, 9.17) is 9.05 Å². The fourth-order valence-corrected chi connectivity index (χ4v) is 2.26. The summed E-state index contributed by atoms with van der Waals surface area (Å²) in [5.41, 5.74) is 0. The number of rotatable bonds is 6. The molecule has 0 atom stereocenters. The van der Waals surface area contributed by atoms with E-state index in [1.165, 1.54) is 0 Å². The monoisotopic (exact) mass is 179 g/mol. The number of hydrogen-bond acceptors (Lipinski definition) is 3. The van der Waals surface area contributed by atoms with Crippen LogP contribution < -0.4 is 0 Å². The predicted molar refractivity (Wildman–Crippen MR) is 45.7 cm³/mol. The van der Waals surface area contributed by atoms with Gasteiger partial charge in [0.05, 0.1) is 19.4 Å². The van der Waals surface area contributed by atoms with Crippen LogP contribution in [0.25, 0.3) is 0 Å². The summed E-state index contributed by atoms with van der Waals surface area (Å²) in [4.78, 5) is 0. The lowest BCUT2D eigenvalue weighted by Gasteiger charge is -2.15. The standard InChI is InChI=1S/C7H16O3P/c1-4-7-11(8,9-5-2)10-6-3/h1,4-7H2,2-3H3.